The molecular formula is C9H20N4. The van der Waals surface area contributed by atoms with Crippen LogP contribution in [0.4, 0.5) is 0 Å². The van der Waals surface area contributed by atoms with Crippen molar-refractivity contribution in [3.05, 3.63) is 5.82 Å². The van der Waals surface area contributed by atoms with Crippen molar-refractivity contribution >= 4 is 0 Å². The molecule has 76 valence electrons. The lowest BCUT2D eigenvalue weighted by atomic mass is 9.96. The lowest BCUT2D eigenvalue weighted by molar-refractivity contribution is 0.546. The third kappa shape index (κ3) is 6.25. The van der Waals surface area contributed by atoms with E-state index in [1.807, 2.05) is 20.8 Å². The van der Waals surface area contributed by atoms with Crippen LogP contribution in [0.2, 0.25) is 0 Å². The second-order valence-corrected chi connectivity index (χ2v) is 4.72. The second-order valence-electron chi connectivity index (χ2n) is 4.72. The minimum Gasteiger partial charge on any atom is -0.177 e. The predicted molar refractivity (Wildman–Crippen MR) is 53.4 cm³/mol. The fraction of sp³-hybridized carbons (Fsp3) is 0.889. The van der Waals surface area contributed by atoms with E-state index >= 15 is 0 Å². The van der Waals surface area contributed by atoms with Gasteiger partial charge in [-0.3, -0.25) is 0 Å². The highest BCUT2D eigenvalue weighted by Crippen LogP contribution is 2.15. The highest BCUT2D eigenvalue weighted by atomic mass is 15.5. The van der Waals surface area contributed by atoms with Gasteiger partial charge in [0.25, 0.3) is 0 Å². The van der Waals surface area contributed by atoms with Crippen molar-refractivity contribution in [2.45, 2.75) is 47.0 Å². The topological polar surface area (TPSA) is 54.5 Å². The van der Waals surface area contributed by atoms with Gasteiger partial charge in [-0.05, 0) is 5.92 Å². The number of aromatic nitrogens is 4. The van der Waals surface area contributed by atoms with Crippen LogP contribution in [0, 0.1) is 5.92 Å². The Labute approximate surface area is 80.1 Å². The number of nitrogens with one attached hydrogen (secondary N) is 1. The Hall–Kier alpha value is -0.930. The molecule has 4 heteroatoms. The molecule has 0 aromatic carbocycles. The molecule has 1 aromatic heterocycles. The first-order valence-corrected chi connectivity index (χ1v) is 4.58. The molecule has 0 saturated carbocycles. The maximum Gasteiger partial charge on any atom is 0.179 e. The first kappa shape index (κ1) is 12.1. The van der Waals surface area contributed by atoms with Gasteiger partial charge in [0, 0.05) is 5.41 Å². The van der Waals surface area contributed by atoms with Gasteiger partial charge in [0.05, 0.1) is 0 Å². The average molecular weight is 184 g/mol. The number of rotatable bonds is 0. The molecule has 1 N–H and O–H groups in total. The van der Waals surface area contributed by atoms with E-state index in [-0.39, 0.29) is 5.41 Å². The van der Waals surface area contributed by atoms with E-state index in [2.05, 4.69) is 41.4 Å². The fourth-order valence-electron chi connectivity index (χ4n) is 0.480. The number of nitrogens with zero attached hydrogens (tertiary/aromatic N) is 3. The van der Waals surface area contributed by atoms with Crippen molar-refractivity contribution in [2.75, 3.05) is 0 Å². The van der Waals surface area contributed by atoms with Crippen LogP contribution in [-0.4, -0.2) is 20.6 Å². The second kappa shape index (κ2) is 4.94. The van der Waals surface area contributed by atoms with Crippen LogP contribution in [-0.2, 0) is 5.41 Å². The largest absolute Gasteiger partial charge is 0.179 e. The van der Waals surface area contributed by atoms with Gasteiger partial charge in [-0.2, -0.15) is 5.21 Å². The molecule has 0 spiro atoms. The average Bonchev–Trinajstić information content (AvgIpc) is 2.31. The molecule has 1 heterocycles. The van der Waals surface area contributed by atoms with E-state index in [1.165, 1.54) is 0 Å². The maximum atomic E-state index is 3.84. The zero-order chi connectivity index (χ0) is 10.5. The summed E-state index contributed by atoms with van der Waals surface area (Å²) in [5, 5.41) is 13.5. The van der Waals surface area contributed by atoms with Crippen molar-refractivity contribution in [1.29, 1.82) is 0 Å². The van der Waals surface area contributed by atoms with Gasteiger partial charge < -0.3 is 0 Å². The number of tetrazole rings is 1. The molecule has 0 amide bonds. The molecule has 0 aliphatic carbocycles. The van der Waals surface area contributed by atoms with Crippen molar-refractivity contribution in [2.24, 2.45) is 5.92 Å². The Balaban J connectivity index is 0.000000310. The monoisotopic (exact) mass is 184 g/mol. The summed E-state index contributed by atoms with van der Waals surface area (Å²) >= 11 is 0. The van der Waals surface area contributed by atoms with E-state index in [4.69, 9.17) is 0 Å². The third-order valence-corrected chi connectivity index (χ3v) is 1.02. The summed E-state index contributed by atoms with van der Waals surface area (Å²) in [5.74, 6) is 1.59. The highest BCUT2D eigenvalue weighted by Gasteiger charge is 2.17. The normalized spacial score (nSPS) is 11.0. The molecule has 0 radical (unpaired) electrons. The fourth-order valence-corrected chi connectivity index (χ4v) is 0.480. The molecule has 1 aromatic rings. The Morgan fingerprint density at radius 2 is 1.62 bits per heavy atom. The van der Waals surface area contributed by atoms with Crippen LogP contribution in [0.15, 0.2) is 0 Å². The highest BCUT2D eigenvalue weighted by molar-refractivity contribution is 4.95. The van der Waals surface area contributed by atoms with Crippen LogP contribution in [0.3, 0.4) is 0 Å². The molecule has 0 aliphatic heterocycles. The van der Waals surface area contributed by atoms with Crippen LogP contribution < -0.4 is 0 Å². The van der Waals surface area contributed by atoms with Crippen LogP contribution in [0.5, 0.6) is 0 Å². The summed E-state index contributed by atoms with van der Waals surface area (Å²) in [6.07, 6.45) is 0. The summed E-state index contributed by atoms with van der Waals surface area (Å²) in [7, 11) is 0. The summed E-state index contributed by atoms with van der Waals surface area (Å²) < 4.78 is 0. The van der Waals surface area contributed by atoms with Gasteiger partial charge in [0.15, 0.2) is 5.82 Å². The molecule has 0 bridgehead atoms. The van der Waals surface area contributed by atoms with Gasteiger partial charge >= 0.3 is 0 Å². The summed E-state index contributed by atoms with van der Waals surface area (Å²) in [5.41, 5.74) is 0.00694. The quantitative estimate of drug-likeness (QED) is 0.672. The first-order valence-electron chi connectivity index (χ1n) is 4.58. The van der Waals surface area contributed by atoms with Gasteiger partial charge in [-0.1, -0.05) is 46.8 Å². The minimum absolute atomic E-state index is 0.00694. The lowest BCUT2D eigenvalue weighted by Crippen LogP contribution is -2.13. The van der Waals surface area contributed by atoms with Gasteiger partial charge in [-0.25, -0.2) is 0 Å². The number of hydrogen-bond donors (Lipinski definition) is 1. The zero-order valence-corrected chi connectivity index (χ0v) is 9.42. The summed E-state index contributed by atoms with van der Waals surface area (Å²) in [6.45, 7) is 12.6. The lowest BCUT2D eigenvalue weighted by Gasteiger charge is -2.10. The number of aromatic amines is 1. The Bertz CT molecular complexity index is 205. The van der Waals surface area contributed by atoms with Gasteiger partial charge in [0.1, 0.15) is 0 Å². The standard InChI is InChI=1S/C5H10N4.C4H10/c1-5(2,3)4-6-8-9-7-4;1-4(2)3/h1-3H3,(H,6,7,8,9);4H,1-3H3. The summed E-state index contributed by atoms with van der Waals surface area (Å²) in [6, 6.07) is 0. The van der Waals surface area contributed by atoms with Gasteiger partial charge in [-0.15, -0.1) is 10.2 Å². The Morgan fingerprint density at radius 1 is 1.15 bits per heavy atom. The van der Waals surface area contributed by atoms with Gasteiger partial charge in [0.2, 0.25) is 0 Å². The Kier molecular flexibility index (Phi) is 4.59. The van der Waals surface area contributed by atoms with E-state index in [0.717, 1.165) is 11.7 Å². The van der Waals surface area contributed by atoms with Crippen molar-refractivity contribution < 1.29 is 0 Å². The predicted octanol–water partition coefficient (Wildman–Crippen LogP) is 2.16. The maximum absolute atomic E-state index is 3.84. The SMILES string of the molecule is CC(C)(C)c1nn[nH]n1.CC(C)C. The van der Waals surface area contributed by atoms with E-state index in [9.17, 15) is 0 Å². The molecular weight excluding hydrogens is 164 g/mol. The van der Waals surface area contributed by atoms with Crippen molar-refractivity contribution in [1.82, 2.24) is 20.6 Å². The molecule has 4 nitrogen and oxygen atoms in total. The molecule has 1 rings (SSSR count). The van der Waals surface area contributed by atoms with Crippen LogP contribution in [0.25, 0.3) is 0 Å². The summed E-state index contributed by atoms with van der Waals surface area (Å²) in [4.78, 5) is 0. The zero-order valence-electron chi connectivity index (χ0n) is 9.42. The van der Waals surface area contributed by atoms with E-state index in [1.54, 1.807) is 0 Å². The third-order valence-electron chi connectivity index (χ3n) is 1.02. The van der Waals surface area contributed by atoms with E-state index < -0.39 is 0 Å². The first-order chi connectivity index (χ1) is 5.84. The van der Waals surface area contributed by atoms with E-state index in [0.29, 0.717) is 0 Å². The molecule has 0 atom stereocenters. The van der Waals surface area contributed by atoms with Crippen LogP contribution in [0.1, 0.15) is 47.4 Å². The molecule has 0 saturated heterocycles. The molecule has 0 fully saturated rings. The van der Waals surface area contributed by atoms with Crippen molar-refractivity contribution in [3.8, 4) is 0 Å². The molecule has 0 aliphatic rings. The Morgan fingerprint density at radius 3 is 1.77 bits per heavy atom. The number of hydrogen-bond acceptors (Lipinski definition) is 3. The van der Waals surface area contributed by atoms with Crippen molar-refractivity contribution in [3.63, 3.8) is 0 Å². The van der Waals surface area contributed by atoms with Crippen LogP contribution >= 0.6 is 0 Å². The smallest absolute Gasteiger partial charge is 0.177 e. The molecule has 0 unspecified atom stereocenters. The molecule has 13 heavy (non-hydrogen) atoms. The number of H-pyrrole nitrogens is 1. The minimum atomic E-state index is 0.00694.